The molecule has 7 heteroatoms. The van der Waals surface area contributed by atoms with Gasteiger partial charge in [0.2, 0.25) is 5.91 Å². The van der Waals surface area contributed by atoms with Gasteiger partial charge in [-0.25, -0.2) is 9.07 Å². The summed E-state index contributed by atoms with van der Waals surface area (Å²) in [6, 6.07) is 19.4. The predicted octanol–water partition coefficient (Wildman–Crippen LogP) is 6.23. The molecule has 1 amide bonds. The number of hydrogen-bond donors (Lipinski definition) is 1. The molecule has 2 atom stereocenters. The molecular weight excluding hydrogens is 457 g/mol. The van der Waals surface area contributed by atoms with Crippen LogP contribution in [0.1, 0.15) is 45.8 Å². The molecule has 4 aromatic rings. The highest BCUT2D eigenvalue weighted by Crippen LogP contribution is 2.31. The van der Waals surface area contributed by atoms with E-state index in [4.69, 9.17) is 9.47 Å². The molecule has 0 radical (unpaired) electrons. The highest BCUT2D eigenvalue weighted by Gasteiger charge is 2.30. The fourth-order valence-corrected chi connectivity index (χ4v) is 4.00. The van der Waals surface area contributed by atoms with Gasteiger partial charge in [-0.2, -0.15) is 5.10 Å². The Morgan fingerprint density at radius 2 is 1.81 bits per heavy atom. The summed E-state index contributed by atoms with van der Waals surface area (Å²) in [5.74, 6) is 1.03. The van der Waals surface area contributed by atoms with Crippen molar-refractivity contribution in [1.29, 1.82) is 0 Å². The van der Waals surface area contributed by atoms with Crippen molar-refractivity contribution in [3.63, 3.8) is 0 Å². The summed E-state index contributed by atoms with van der Waals surface area (Å²) in [4.78, 5) is 12.9. The van der Waals surface area contributed by atoms with Crippen LogP contribution in [0.5, 0.6) is 11.5 Å². The third-order valence-electron chi connectivity index (χ3n) is 6.10. The lowest BCUT2D eigenvalue weighted by atomic mass is 9.93. The number of carbonyl (C=O) groups is 1. The van der Waals surface area contributed by atoms with Crippen LogP contribution in [0.4, 0.5) is 4.39 Å². The van der Waals surface area contributed by atoms with Crippen LogP contribution in [-0.4, -0.2) is 28.8 Å². The first kappa shape index (κ1) is 25.2. The number of ether oxygens (including phenoxy) is 2. The van der Waals surface area contributed by atoms with Gasteiger partial charge < -0.3 is 14.8 Å². The summed E-state index contributed by atoms with van der Waals surface area (Å²) in [6.07, 6.45) is 1.99. The molecule has 0 spiro atoms. The summed E-state index contributed by atoms with van der Waals surface area (Å²) >= 11 is 0. The maximum atomic E-state index is 13.4. The summed E-state index contributed by atoms with van der Waals surface area (Å²) in [5.41, 5.74) is 2.02. The minimum absolute atomic E-state index is 0.0399. The van der Waals surface area contributed by atoms with Crippen molar-refractivity contribution in [3.8, 4) is 17.2 Å². The van der Waals surface area contributed by atoms with Crippen molar-refractivity contribution in [2.24, 2.45) is 5.41 Å². The number of amides is 1. The quantitative estimate of drug-likeness (QED) is 0.318. The summed E-state index contributed by atoms with van der Waals surface area (Å²) in [6.45, 7) is 7.70. The third kappa shape index (κ3) is 5.51. The van der Waals surface area contributed by atoms with Gasteiger partial charge in [0.15, 0.2) is 0 Å². The van der Waals surface area contributed by atoms with E-state index in [-0.39, 0.29) is 17.8 Å². The zero-order chi connectivity index (χ0) is 25.9. The number of methoxy groups -OCH3 is 1. The number of nitrogens with zero attached hydrogens (tertiary/aromatic N) is 2. The van der Waals surface area contributed by atoms with E-state index in [1.807, 2.05) is 70.2 Å². The molecule has 0 aliphatic carbocycles. The van der Waals surface area contributed by atoms with Gasteiger partial charge in [-0.3, -0.25) is 4.79 Å². The number of nitrogens with one attached hydrogen (secondary N) is 1. The zero-order valence-corrected chi connectivity index (χ0v) is 21.3. The van der Waals surface area contributed by atoms with Crippen LogP contribution in [0.2, 0.25) is 0 Å². The molecule has 0 fully saturated rings. The van der Waals surface area contributed by atoms with Gasteiger partial charge in [-0.15, -0.1) is 0 Å². The summed E-state index contributed by atoms with van der Waals surface area (Å²) in [5, 5.41) is 8.54. The lowest BCUT2D eigenvalue weighted by Gasteiger charge is -2.31. The highest BCUT2D eigenvalue weighted by molar-refractivity contribution is 5.82. The standard InChI is InChI=1S/C29H32FN3O3/c1-6-25(32-28(34)29(2,3)4)27(19-8-7-9-23(16-19)35-5)36-24-14-15-26-20(17-24)18-31-33(26)22-12-10-21(30)11-13-22/h7-18,25,27H,6H2,1-5H3,(H,32,34)/t25-,27-/m0/s1. The highest BCUT2D eigenvalue weighted by atomic mass is 19.1. The Labute approximate surface area is 211 Å². The Kier molecular flexibility index (Phi) is 7.29. The van der Waals surface area contributed by atoms with Gasteiger partial charge >= 0.3 is 0 Å². The number of aromatic nitrogens is 2. The van der Waals surface area contributed by atoms with E-state index in [2.05, 4.69) is 10.4 Å². The lowest BCUT2D eigenvalue weighted by Crippen LogP contribution is -2.45. The van der Waals surface area contributed by atoms with Crippen molar-refractivity contribution in [2.45, 2.75) is 46.3 Å². The molecule has 0 bridgehead atoms. The van der Waals surface area contributed by atoms with E-state index in [1.54, 1.807) is 30.1 Å². The van der Waals surface area contributed by atoms with E-state index in [0.29, 0.717) is 17.9 Å². The Morgan fingerprint density at radius 1 is 1.06 bits per heavy atom. The topological polar surface area (TPSA) is 65.4 Å². The normalized spacial score (nSPS) is 13.3. The van der Waals surface area contributed by atoms with Crippen LogP contribution in [-0.2, 0) is 4.79 Å². The van der Waals surface area contributed by atoms with E-state index in [0.717, 1.165) is 22.2 Å². The molecule has 4 rings (SSSR count). The van der Waals surface area contributed by atoms with Gasteiger partial charge in [0.1, 0.15) is 23.4 Å². The second kappa shape index (κ2) is 10.4. The van der Waals surface area contributed by atoms with E-state index < -0.39 is 11.5 Å². The molecular formula is C29H32FN3O3. The van der Waals surface area contributed by atoms with Crippen molar-refractivity contribution in [2.75, 3.05) is 7.11 Å². The molecule has 0 aliphatic heterocycles. The van der Waals surface area contributed by atoms with Crippen LogP contribution in [0, 0.1) is 11.2 Å². The second-order valence-corrected chi connectivity index (χ2v) is 9.81. The van der Waals surface area contributed by atoms with Gasteiger partial charge in [-0.05, 0) is 66.6 Å². The van der Waals surface area contributed by atoms with Crippen molar-refractivity contribution >= 4 is 16.8 Å². The first-order valence-electron chi connectivity index (χ1n) is 12.0. The molecule has 1 heterocycles. The molecule has 188 valence electrons. The Morgan fingerprint density at radius 3 is 2.47 bits per heavy atom. The Balaban J connectivity index is 1.68. The van der Waals surface area contributed by atoms with Crippen molar-refractivity contribution in [1.82, 2.24) is 15.1 Å². The van der Waals surface area contributed by atoms with Crippen molar-refractivity contribution < 1.29 is 18.7 Å². The molecule has 0 aliphatic rings. The predicted molar refractivity (Wildman–Crippen MR) is 139 cm³/mol. The van der Waals surface area contributed by atoms with Crippen LogP contribution in [0.3, 0.4) is 0 Å². The molecule has 6 nitrogen and oxygen atoms in total. The van der Waals surface area contributed by atoms with Crippen LogP contribution < -0.4 is 14.8 Å². The van der Waals surface area contributed by atoms with Gasteiger partial charge in [-0.1, -0.05) is 39.8 Å². The minimum atomic E-state index is -0.528. The van der Waals surface area contributed by atoms with Crippen LogP contribution >= 0.6 is 0 Å². The average molecular weight is 490 g/mol. The first-order chi connectivity index (χ1) is 17.2. The Bertz CT molecular complexity index is 1340. The number of halogens is 1. The summed E-state index contributed by atoms with van der Waals surface area (Å²) in [7, 11) is 1.63. The lowest BCUT2D eigenvalue weighted by molar-refractivity contribution is -0.130. The molecule has 0 saturated carbocycles. The smallest absolute Gasteiger partial charge is 0.225 e. The number of carbonyl (C=O) groups excluding carboxylic acids is 1. The maximum absolute atomic E-state index is 13.4. The van der Waals surface area contributed by atoms with E-state index in [1.165, 1.54) is 12.1 Å². The largest absolute Gasteiger partial charge is 0.497 e. The molecule has 1 N–H and O–H groups in total. The average Bonchev–Trinajstić information content (AvgIpc) is 3.29. The third-order valence-corrected chi connectivity index (χ3v) is 6.10. The maximum Gasteiger partial charge on any atom is 0.225 e. The number of rotatable bonds is 8. The molecule has 0 saturated heterocycles. The van der Waals surface area contributed by atoms with Gasteiger partial charge in [0.05, 0.1) is 30.6 Å². The van der Waals surface area contributed by atoms with Gasteiger partial charge in [0.25, 0.3) is 0 Å². The number of hydrogen-bond acceptors (Lipinski definition) is 4. The monoisotopic (exact) mass is 489 g/mol. The number of fused-ring (bicyclic) bond motifs is 1. The SMILES string of the molecule is CC[C@H](NC(=O)C(C)(C)C)[C@@H](Oc1ccc2c(cnn2-c2ccc(F)cc2)c1)c1cccc(OC)c1. The zero-order valence-electron chi connectivity index (χ0n) is 21.3. The molecule has 0 unspecified atom stereocenters. The second-order valence-electron chi connectivity index (χ2n) is 9.81. The van der Waals surface area contributed by atoms with Crippen molar-refractivity contribution in [3.05, 3.63) is 84.3 Å². The fourth-order valence-electron chi connectivity index (χ4n) is 4.00. The molecule has 3 aromatic carbocycles. The first-order valence-corrected chi connectivity index (χ1v) is 12.0. The fraction of sp³-hybridized carbons (Fsp3) is 0.310. The van der Waals surface area contributed by atoms with Crippen LogP contribution in [0.25, 0.3) is 16.6 Å². The molecule has 36 heavy (non-hydrogen) atoms. The molecule has 1 aromatic heterocycles. The van der Waals surface area contributed by atoms with E-state index >= 15 is 0 Å². The van der Waals surface area contributed by atoms with Gasteiger partial charge in [0, 0.05) is 10.8 Å². The Hall–Kier alpha value is -3.87. The van der Waals surface area contributed by atoms with E-state index in [9.17, 15) is 9.18 Å². The minimum Gasteiger partial charge on any atom is -0.497 e. The number of benzene rings is 3. The van der Waals surface area contributed by atoms with Crippen LogP contribution in [0.15, 0.2) is 72.9 Å². The summed E-state index contributed by atoms with van der Waals surface area (Å²) < 4.78 is 27.1.